The number of Topliss-reactive ketones (excluding diaryl/α,β-unsaturated/α-hetero) is 1. The molecule has 1 fully saturated rings. The Morgan fingerprint density at radius 2 is 1.73 bits per heavy atom. The first kappa shape index (κ1) is 22.6. The zero-order chi connectivity index (χ0) is 23.9. The Morgan fingerprint density at radius 1 is 1.06 bits per heavy atom. The number of carbonyl (C=O) groups excluding carboxylic acids is 2. The molecule has 5 nitrogen and oxygen atoms in total. The van der Waals surface area contributed by atoms with Crippen LogP contribution in [0.3, 0.4) is 0 Å². The van der Waals surface area contributed by atoms with Crippen LogP contribution in [0.15, 0.2) is 65.6 Å². The smallest absolute Gasteiger partial charge is 0.416 e. The Kier molecular flexibility index (Phi) is 5.75. The van der Waals surface area contributed by atoms with Crippen molar-refractivity contribution in [3.63, 3.8) is 0 Å². The number of ketones is 1. The molecule has 1 aliphatic rings. The number of benzene rings is 2. The van der Waals surface area contributed by atoms with Gasteiger partial charge in [-0.25, -0.2) is 0 Å². The lowest BCUT2D eigenvalue weighted by molar-refractivity contribution is -0.137. The summed E-state index contributed by atoms with van der Waals surface area (Å²) in [7, 11) is 1.41. The molecular formula is C24H18F3NO4S. The van der Waals surface area contributed by atoms with Crippen molar-refractivity contribution in [2.45, 2.75) is 19.1 Å². The summed E-state index contributed by atoms with van der Waals surface area (Å²) >= 11 is 1.28. The number of amides is 1. The van der Waals surface area contributed by atoms with Crippen LogP contribution in [0.4, 0.5) is 18.9 Å². The minimum atomic E-state index is -4.54. The molecule has 33 heavy (non-hydrogen) atoms. The number of hydrogen-bond donors (Lipinski definition) is 1. The number of aliphatic hydroxyl groups is 1. The molecule has 1 unspecified atom stereocenters. The van der Waals surface area contributed by atoms with Gasteiger partial charge in [-0.15, -0.1) is 11.3 Å². The highest BCUT2D eigenvalue weighted by Gasteiger charge is 2.48. The summed E-state index contributed by atoms with van der Waals surface area (Å²) in [5.41, 5.74) is 0.0806. The Balaban J connectivity index is 1.93. The van der Waals surface area contributed by atoms with Crippen LogP contribution in [0.1, 0.15) is 27.6 Å². The molecule has 2 aromatic carbocycles. The van der Waals surface area contributed by atoms with Gasteiger partial charge in [0, 0.05) is 10.6 Å². The predicted molar refractivity (Wildman–Crippen MR) is 118 cm³/mol. The number of nitrogens with zero attached hydrogens (tertiary/aromatic N) is 1. The molecule has 1 atom stereocenters. The number of carbonyl (C=O) groups is 2. The summed E-state index contributed by atoms with van der Waals surface area (Å²) in [5.74, 6) is -1.99. The molecule has 1 saturated heterocycles. The van der Waals surface area contributed by atoms with Crippen molar-refractivity contribution < 1.29 is 32.6 Å². The number of methoxy groups -OCH3 is 1. The summed E-state index contributed by atoms with van der Waals surface area (Å²) in [5, 5.41) is 12.9. The number of anilines is 1. The fourth-order valence-corrected chi connectivity index (χ4v) is 4.83. The van der Waals surface area contributed by atoms with E-state index in [9.17, 15) is 27.9 Å². The number of thiophene rings is 1. The summed E-state index contributed by atoms with van der Waals surface area (Å²) < 4.78 is 44.4. The van der Waals surface area contributed by atoms with Crippen LogP contribution in [-0.4, -0.2) is 23.9 Å². The van der Waals surface area contributed by atoms with Gasteiger partial charge in [0.05, 0.1) is 23.8 Å². The molecular weight excluding hydrogens is 455 g/mol. The lowest BCUT2D eigenvalue weighted by Gasteiger charge is -2.25. The fourth-order valence-electron chi connectivity index (χ4n) is 3.81. The van der Waals surface area contributed by atoms with Crippen LogP contribution in [0.5, 0.6) is 5.75 Å². The maximum atomic E-state index is 13.1. The Bertz CT molecular complexity index is 1260. The fraction of sp³-hybridized carbons (Fsp3) is 0.167. The molecule has 9 heteroatoms. The van der Waals surface area contributed by atoms with Crippen LogP contribution >= 0.6 is 11.3 Å². The molecule has 0 radical (unpaired) electrons. The minimum Gasteiger partial charge on any atom is -0.507 e. The molecule has 0 aliphatic carbocycles. The van der Waals surface area contributed by atoms with Crippen molar-refractivity contribution in [1.82, 2.24) is 0 Å². The lowest BCUT2D eigenvalue weighted by atomic mass is 9.97. The number of hydrogen-bond acceptors (Lipinski definition) is 5. The molecule has 170 valence electrons. The third kappa shape index (κ3) is 3.89. The van der Waals surface area contributed by atoms with Crippen LogP contribution < -0.4 is 9.64 Å². The average molecular weight is 473 g/mol. The predicted octanol–water partition coefficient (Wildman–Crippen LogP) is 5.71. The molecule has 0 bridgehead atoms. The maximum absolute atomic E-state index is 13.1. The second kappa shape index (κ2) is 8.40. The van der Waals surface area contributed by atoms with E-state index in [4.69, 9.17) is 4.74 Å². The van der Waals surface area contributed by atoms with Crippen molar-refractivity contribution in [2.75, 3.05) is 12.0 Å². The first-order valence-corrected chi connectivity index (χ1v) is 10.7. The summed E-state index contributed by atoms with van der Waals surface area (Å²) in [6.07, 6.45) is -4.54. The van der Waals surface area contributed by atoms with Crippen LogP contribution in [0.2, 0.25) is 0 Å². The van der Waals surface area contributed by atoms with Gasteiger partial charge in [-0.1, -0.05) is 12.1 Å². The Morgan fingerprint density at radius 3 is 2.30 bits per heavy atom. The second-order valence-electron chi connectivity index (χ2n) is 7.38. The van der Waals surface area contributed by atoms with Crippen molar-refractivity contribution in [1.29, 1.82) is 0 Å². The third-order valence-corrected chi connectivity index (χ3v) is 6.50. The zero-order valence-corrected chi connectivity index (χ0v) is 18.3. The molecule has 1 amide bonds. The van der Waals surface area contributed by atoms with E-state index in [1.807, 2.05) is 0 Å². The monoisotopic (exact) mass is 473 g/mol. The number of ether oxygens (including phenoxy) is 1. The normalized spacial score (nSPS) is 18.1. The van der Waals surface area contributed by atoms with Gasteiger partial charge in [0.1, 0.15) is 17.6 Å². The maximum Gasteiger partial charge on any atom is 0.416 e. The summed E-state index contributed by atoms with van der Waals surface area (Å²) in [6, 6.07) is 11.3. The first-order valence-electron chi connectivity index (χ1n) is 9.80. The molecule has 0 spiro atoms. The molecule has 1 aromatic heterocycles. The first-order chi connectivity index (χ1) is 15.6. The highest BCUT2D eigenvalue weighted by atomic mass is 32.1. The standard InChI is InChI=1S/C24H18F3NO4S/c1-13-11-12-33-22(13)19-18(20(29)16-5-3-4-6-17(16)32-2)21(30)23(31)28(19)15-9-7-14(8-10-15)24(25,26)27/h3-12,19,29H,1-2H3/b20-18-. The van der Waals surface area contributed by atoms with Gasteiger partial charge in [-0.3, -0.25) is 14.5 Å². The Labute approximate surface area is 191 Å². The van der Waals surface area contributed by atoms with E-state index in [0.29, 0.717) is 10.6 Å². The SMILES string of the molecule is COc1ccccc1/C(O)=C1/C(=O)C(=O)N(c2ccc(C(F)(F)F)cc2)C1c1sccc1C. The average Bonchev–Trinajstić information content (AvgIpc) is 3.33. The highest BCUT2D eigenvalue weighted by Crippen LogP contribution is 2.46. The van der Waals surface area contributed by atoms with E-state index in [0.717, 1.165) is 34.7 Å². The second-order valence-corrected chi connectivity index (χ2v) is 8.33. The van der Waals surface area contributed by atoms with Gasteiger partial charge in [0.15, 0.2) is 0 Å². The Hall–Kier alpha value is -3.59. The van der Waals surface area contributed by atoms with E-state index in [1.165, 1.54) is 18.4 Å². The molecule has 3 aromatic rings. The van der Waals surface area contributed by atoms with Gasteiger partial charge in [-0.05, 0) is 60.3 Å². The van der Waals surface area contributed by atoms with E-state index in [-0.39, 0.29) is 16.8 Å². The quantitative estimate of drug-likeness (QED) is 0.299. The van der Waals surface area contributed by atoms with Crippen LogP contribution in [0, 0.1) is 6.92 Å². The van der Waals surface area contributed by atoms with Crippen LogP contribution in [0.25, 0.3) is 5.76 Å². The van der Waals surface area contributed by atoms with Gasteiger partial charge in [0.25, 0.3) is 11.7 Å². The van der Waals surface area contributed by atoms with E-state index in [1.54, 1.807) is 42.6 Å². The number of aliphatic hydroxyl groups excluding tert-OH is 1. The minimum absolute atomic E-state index is 0.113. The molecule has 1 N–H and O–H groups in total. The number of rotatable bonds is 4. The van der Waals surface area contributed by atoms with Crippen molar-refractivity contribution >= 4 is 34.5 Å². The van der Waals surface area contributed by atoms with Crippen molar-refractivity contribution in [3.8, 4) is 5.75 Å². The number of halogens is 3. The van der Waals surface area contributed by atoms with E-state index < -0.39 is 35.2 Å². The molecule has 0 saturated carbocycles. The lowest BCUT2D eigenvalue weighted by Crippen LogP contribution is -2.29. The number of aryl methyl sites for hydroxylation is 1. The largest absolute Gasteiger partial charge is 0.507 e. The van der Waals surface area contributed by atoms with Gasteiger partial charge in [0.2, 0.25) is 0 Å². The topological polar surface area (TPSA) is 66.8 Å². The van der Waals surface area contributed by atoms with E-state index >= 15 is 0 Å². The molecule has 1 aliphatic heterocycles. The zero-order valence-electron chi connectivity index (χ0n) is 17.5. The summed E-state index contributed by atoms with van der Waals surface area (Å²) in [6.45, 7) is 1.79. The van der Waals surface area contributed by atoms with E-state index in [2.05, 4.69) is 0 Å². The highest BCUT2D eigenvalue weighted by molar-refractivity contribution is 7.10. The summed E-state index contributed by atoms with van der Waals surface area (Å²) in [4.78, 5) is 28.0. The molecule has 4 rings (SSSR count). The molecule has 2 heterocycles. The number of para-hydroxylation sites is 1. The number of alkyl halides is 3. The van der Waals surface area contributed by atoms with Gasteiger partial charge < -0.3 is 9.84 Å². The van der Waals surface area contributed by atoms with Crippen molar-refractivity contribution in [3.05, 3.63) is 87.1 Å². The van der Waals surface area contributed by atoms with Crippen molar-refractivity contribution in [2.24, 2.45) is 0 Å². The van der Waals surface area contributed by atoms with Gasteiger partial charge >= 0.3 is 6.18 Å². The van der Waals surface area contributed by atoms with Crippen LogP contribution in [-0.2, 0) is 15.8 Å². The van der Waals surface area contributed by atoms with Gasteiger partial charge in [-0.2, -0.15) is 13.2 Å². The third-order valence-electron chi connectivity index (χ3n) is 5.43.